The van der Waals surface area contributed by atoms with E-state index in [1.165, 1.54) is 17.7 Å². The molecule has 1 fully saturated rings. The first-order chi connectivity index (χ1) is 9.43. The molecule has 0 spiro atoms. The van der Waals surface area contributed by atoms with E-state index in [0.29, 0.717) is 6.54 Å². The number of fused-ring (bicyclic) bond motifs is 1. The van der Waals surface area contributed by atoms with Crippen molar-refractivity contribution in [3.05, 3.63) is 15.6 Å². The number of hydrogen-bond donors (Lipinski definition) is 1. The molecule has 1 aromatic heterocycles. The number of thiazole rings is 1. The van der Waals surface area contributed by atoms with Crippen LogP contribution in [-0.2, 0) is 34.2 Å². The third-order valence-electron chi connectivity index (χ3n) is 3.86. The standard InChI is InChI=1S/C12H17N3O3S2/c13-20(17,18)8-5-12(16)15(6-8)7-11-14-9-3-1-2-4-10(9)19-11/h8H,1-7H2,(H2,13,17,18). The molecule has 1 aromatic rings. The van der Waals surface area contributed by atoms with Gasteiger partial charge in [0.15, 0.2) is 0 Å². The molecule has 3 rings (SSSR count). The fraction of sp³-hybridized carbons (Fsp3) is 0.667. The van der Waals surface area contributed by atoms with E-state index in [1.54, 1.807) is 16.2 Å². The Bertz CT molecular complexity index is 615. The predicted octanol–water partition coefficient (Wildman–Crippen LogP) is 0.411. The van der Waals surface area contributed by atoms with Gasteiger partial charge in [-0.05, 0) is 25.7 Å². The van der Waals surface area contributed by atoms with Crippen LogP contribution in [0.5, 0.6) is 0 Å². The summed E-state index contributed by atoms with van der Waals surface area (Å²) < 4.78 is 22.6. The third kappa shape index (κ3) is 2.72. The van der Waals surface area contributed by atoms with Crippen LogP contribution in [0, 0.1) is 0 Å². The van der Waals surface area contributed by atoms with Crippen molar-refractivity contribution in [2.24, 2.45) is 5.14 Å². The normalized spacial score (nSPS) is 23.1. The maximum atomic E-state index is 11.9. The summed E-state index contributed by atoms with van der Waals surface area (Å²) in [6, 6.07) is 0. The Hall–Kier alpha value is -0.990. The van der Waals surface area contributed by atoms with Crippen molar-refractivity contribution in [3.8, 4) is 0 Å². The number of aromatic nitrogens is 1. The van der Waals surface area contributed by atoms with Crippen molar-refractivity contribution in [2.75, 3.05) is 6.54 Å². The van der Waals surface area contributed by atoms with Crippen LogP contribution in [0.2, 0.25) is 0 Å². The van der Waals surface area contributed by atoms with Gasteiger partial charge in [-0.1, -0.05) is 0 Å². The molecule has 1 unspecified atom stereocenters. The zero-order valence-corrected chi connectivity index (χ0v) is 12.7. The number of nitrogens with two attached hydrogens (primary N) is 1. The molecule has 0 bridgehead atoms. The van der Waals surface area contributed by atoms with Crippen molar-refractivity contribution >= 4 is 27.3 Å². The second kappa shape index (κ2) is 5.09. The maximum absolute atomic E-state index is 11.9. The quantitative estimate of drug-likeness (QED) is 0.874. The van der Waals surface area contributed by atoms with Gasteiger partial charge in [0, 0.05) is 17.8 Å². The molecule has 0 aromatic carbocycles. The van der Waals surface area contributed by atoms with E-state index < -0.39 is 15.3 Å². The molecule has 1 amide bonds. The summed E-state index contributed by atoms with van der Waals surface area (Å²) in [7, 11) is -3.64. The smallest absolute Gasteiger partial charge is 0.224 e. The van der Waals surface area contributed by atoms with Crippen LogP contribution in [0.4, 0.5) is 0 Å². The van der Waals surface area contributed by atoms with Crippen LogP contribution in [-0.4, -0.2) is 36.0 Å². The van der Waals surface area contributed by atoms with E-state index in [9.17, 15) is 13.2 Å². The van der Waals surface area contributed by atoms with E-state index in [0.717, 1.165) is 23.5 Å². The number of primary sulfonamides is 1. The molecule has 2 aliphatic rings. The Morgan fingerprint density at radius 2 is 2.10 bits per heavy atom. The minimum absolute atomic E-state index is 0.01000. The molecular formula is C12H17N3O3S2. The highest BCUT2D eigenvalue weighted by Gasteiger charge is 2.36. The molecule has 110 valence electrons. The molecule has 0 saturated carbocycles. The summed E-state index contributed by atoms with van der Waals surface area (Å²) in [5, 5.41) is 5.25. The van der Waals surface area contributed by atoms with Crippen molar-refractivity contribution < 1.29 is 13.2 Å². The summed E-state index contributed by atoms with van der Waals surface area (Å²) in [6.45, 7) is 0.588. The van der Waals surface area contributed by atoms with Crippen molar-refractivity contribution in [1.29, 1.82) is 0 Å². The number of hydrogen-bond acceptors (Lipinski definition) is 5. The summed E-state index contributed by atoms with van der Waals surface area (Å²) in [5.41, 5.74) is 1.16. The number of rotatable bonds is 3. The number of carbonyl (C=O) groups excluding carboxylic acids is 1. The third-order valence-corrected chi connectivity index (χ3v) is 6.25. The molecule has 8 heteroatoms. The lowest BCUT2D eigenvalue weighted by Crippen LogP contribution is -2.31. The van der Waals surface area contributed by atoms with E-state index in [-0.39, 0.29) is 18.9 Å². The lowest BCUT2D eigenvalue weighted by molar-refractivity contribution is -0.128. The molecule has 2 N–H and O–H groups in total. The van der Waals surface area contributed by atoms with Gasteiger partial charge in [-0.2, -0.15) is 0 Å². The molecular weight excluding hydrogens is 298 g/mol. The zero-order chi connectivity index (χ0) is 14.3. The van der Waals surface area contributed by atoms with Crippen LogP contribution in [0.25, 0.3) is 0 Å². The summed E-state index contributed by atoms with van der Waals surface area (Å²) in [4.78, 5) is 19.3. The van der Waals surface area contributed by atoms with Crippen LogP contribution in [0.3, 0.4) is 0 Å². The fourth-order valence-corrected chi connectivity index (χ4v) is 4.68. The molecule has 20 heavy (non-hydrogen) atoms. The molecule has 2 heterocycles. The van der Waals surface area contributed by atoms with Crippen LogP contribution in [0.15, 0.2) is 0 Å². The van der Waals surface area contributed by atoms with Gasteiger partial charge in [0.05, 0.1) is 12.2 Å². The highest BCUT2D eigenvalue weighted by Crippen LogP contribution is 2.28. The van der Waals surface area contributed by atoms with Crippen molar-refractivity contribution in [3.63, 3.8) is 0 Å². The minimum atomic E-state index is -3.64. The van der Waals surface area contributed by atoms with Gasteiger partial charge in [0.2, 0.25) is 15.9 Å². The average Bonchev–Trinajstić information content (AvgIpc) is 2.93. The number of carbonyl (C=O) groups is 1. The van der Waals surface area contributed by atoms with Gasteiger partial charge in [-0.3, -0.25) is 4.79 Å². The summed E-state index contributed by atoms with van der Waals surface area (Å²) in [6.07, 6.45) is 4.45. The zero-order valence-electron chi connectivity index (χ0n) is 11.0. The largest absolute Gasteiger partial charge is 0.335 e. The molecule has 0 radical (unpaired) electrons. The Labute approximate surface area is 122 Å². The molecule has 1 saturated heterocycles. The summed E-state index contributed by atoms with van der Waals surface area (Å²) >= 11 is 1.65. The first-order valence-electron chi connectivity index (χ1n) is 6.70. The van der Waals surface area contributed by atoms with Gasteiger partial charge in [-0.25, -0.2) is 18.5 Å². The van der Waals surface area contributed by atoms with E-state index in [4.69, 9.17) is 5.14 Å². The maximum Gasteiger partial charge on any atom is 0.224 e. The molecule has 1 aliphatic heterocycles. The number of nitrogens with zero attached hydrogens (tertiary/aromatic N) is 2. The van der Waals surface area contributed by atoms with E-state index in [1.807, 2.05) is 0 Å². The number of sulfonamides is 1. The highest BCUT2D eigenvalue weighted by atomic mass is 32.2. The first kappa shape index (κ1) is 14.0. The average molecular weight is 315 g/mol. The Kier molecular flexibility index (Phi) is 3.55. The summed E-state index contributed by atoms with van der Waals surface area (Å²) in [5.74, 6) is -0.155. The Morgan fingerprint density at radius 3 is 2.75 bits per heavy atom. The SMILES string of the molecule is NS(=O)(=O)C1CC(=O)N(Cc2nc3c(s2)CCCC3)C1. The number of aryl methyl sites for hydroxylation is 2. The molecule has 6 nitrogen and oxygen atoms in total. The fourth-order valence-electron chi connectivity index (χ4n) is 2.75. The van der Waals surface area contributed by atoms with Crippen LogP contribution >= 0.6 is 11.3 Å². The van der Waals surface area contributed by atoms with Gasteiger partial charge < -0.3 is 4.90 Å². The topological polar surface area (TPSA) is 93.4 Å². The monoisotopic (exact) mass is 315 g/mol. The van der Waals surface area contributed by atoms with Gasteiger partial charge in [0.1, 0.15) is 10.3 Å². The molecule has 1 atom stereocenters. The predicted molar refractivity (Wildman–Crippen MR) is 75.7 cm³/mol. The second-order valence-corrected chi connectivity index (χ2v) is 8.39. The molecule has 1 aliphatic carbocycles. The van der Waals surface area contributed by atoms with E-state index >= 15 is 0 Å². The number of amides is 1. The number of likely N-dealkylation sites (tertiary alicyclic amines) is 1. The van der Waals surface area contributed by atoms with Gasteiger partial charge in [0.25, 0.3) is 0 Å². The second-order valence-electron chi connectivity index (χ2n) is 5.37. The lowest BCUT2D eigenvalue weighted by atomic mass is 10.0. The van der Waals surface area contributed by atoms with Gasteiger partial charge >= 0.3 is 0 Å². The van der Waals surface area contributed by atoms with Crippen molar-refractivity contribution in [1.82, 2.24) is 9.88 Å². The van der Waals surface area contributed by atoms with Crippen molar-refractivity contribution in [2.45, 2.75) is 43.9 Å². The van der Waals surface area contributed by atoms with E-state index in [2.05, 4.69) is 4.98 Å². The van der Waals surface area contributed by atoms with Gasteiger partial charge in [-0.15, -0.1) is 11.3 Å². The Balaban J connectivity index is 1.72. The highest BCUT2D eigenvalue weighted by molar-refractivity contribution is 7.89. The lowest BCUT2D eigenvalue weighted by Gasteiger charge is -2.14. The first-order valence-corrected chi connectivity index (χ1v) is 9.13. The minimum Gasteiger partial charge on any atom is -0.335 e. The van der Waals surface area contributed by atoms with Crippen LogP contribution < -0.4 is 5.14 Å². The van der Waals surface area contributed by atoms with Crippen LogP contribution in [0.1, 0.15) is 34.8 Å². The Morgan fingerprint density at radius 1 is 1.35 bits per heavy atom.